The second kappa shape index (κ2) is 7.88. The molecule has 1 saturated heterocycles. The molecule has 1 amide bonds. The number of para-hydroxylation sites is 1. The Morgan fingerprint density at radius 2 is 2.07 bits per heavy atom. The summed E-state index contributed by atoms with van der Waals surface area (Å²) in [6.07, 6.45) is 7.18. The zero-order valence-electron chi connectivity index (χ0n) is 15.6. The fourth-order valence-electron chi connectivity index (χ4n) is 3.71. The first-order chi connectivity index (χ1) is 13.2. The number of piperidine rings is 1. The zero-order chi connectivity index (χ0) is 18.6. The largest absolute Gasteiger partial charge is 0.351 e. The lowest BCUT2D eigenvalue weighted by molar-refractivity contribution is 0.0938. The van der Waals surface area contributed by atoms with Crippen molar-refractivity contribution in [2.24, 2.45) is 0 Å². The Balaban J connectivity index is 1.42. The number of amides is 1. The fraction of sp³-hybridized carbons (Fsp3) is 0.381. The van der Waals surface area contributed by atoms with Crippen LogP contribution >= 0.6 is 0 Å². The molecule has 1 unspecified atom stereocenters. The molecule has 0 aliphatic carbocycles. The number of fused-ring (bicyclic) bond motifs is 1. The molecule has 6 heteroatoms. The van der Waals surface area contributed by atoms with Crippen LogP contribution in [0.1, 0.15) is 36.5 Å². The van der Waals surface area contributed by atoms with E-state index in [1.807, 2.05) is 34.9 Å². The molecular weight excluding hydrogens is 338 g/mol. The van der Waals surface area contributed by atoms with Crippen molar-refractivity contribution in [3.8, 4) is 5.69 Å². The maximum atomic E-state index is 12.5. The predicted octanol–water partition coefficient (Wildman–Crippen LogP) is 3.02. The molecule has 0 bridgehead atoms. The molecule has 1 aliphatic heterocycles. The van der Waals surface area contributed by atoms with Crippen LogP contribution in [0.3, 0.4) is 0 Å². The quantitative estimate of drug-likeness (QED) is 0.757. The molecule has 0 spiro atoms. The van der Waals surface area contributed by atoms with E-state index in [-0.39, 0.29) is 5.91 Å². The number of pyridine rings is 1. The number of likely N-dealkylation sites (tertiary alicyclic amines) is 1. The molecule has 1 aromatic carbocycles. The highest BCUT2D eigenvalue weighted by atomic mass is 16.1. The van der Waals surface area contributed by atoms with Crippen molar-refractivity contribution in [3.63, 3.8) is 0 Å². The van der Waals surface area contributed by atoms with Crippen LogP contribution in [0.2, 0.25) is 0 Å². The molecule has 1 aliphatic rings. The summed E-state index contributed by atoms with van der Waals surface area (Å²) in [6.45, 7) is 4.94. The van der Waals surface area contributed by atoms with Gasteiger partial charge < -0.3 is 5.32 Å². The smallest absolute Gasteiger partial charge is 0.252 e. The molecular formula is C21H25N5O. The van der Waals surface area contributed by atoms with Gasteiger partial charge in [0.25, 0.3) is 5.91 Å². The Kier molecular flexibility index (Phi) is 5.16. The standard InChI is InChI=1S/C21H25N5O/c1-16-7-5-6-11-25(16)12-10-22-21(27)17-13-19-20(23-14-17)26(15-24-19)18-8-3-2-4-9-18/h2-4,8-9,13-16H,5-7,10-12H2,1H3,(H,22,27). The van der Waals surface area contributed by atoms with Crippen LogP contribution in [0.4, 0.5) is 0 Å². The van der Waals surface area contributed by atoms with Gasteiger partial charge in [0.2, 0.25) is 0 Å². The number of carbonyl (C=O) groups is 1. The van der Waals surface area contributed by atoms with Crippen molar-refractivity contribution in [1.29, 1.82) is 0 Å². The second-order valence-electron chi connectivity index (χ2n) is 7.15. The van der Waals surface area contributed by atoms with Crippen LogP contribution in [-0.4, -0.2) is 51.0 Å². The predicted molar refractivity (Wildman–Crippen MR) is 106 cm³/mol. The van der Waals surface area contributed by atoms with Crippen LogP contribution in [-0.2, 0) is 0 Å². The molecule has 3 aromatic rings. The van der Waals surface area contributed by atoms with Gasteiger partial charge in [-0.15, -0.1) is 0 Å². The van der Waals surface area contributed by atoms with E-state index >= 15 is 0 Å². The Labute approximate surface area is 159 Å². The summed E-state index contributed by atoms with van der Waals surface area (Å²) in [6, 6.07) is 12.4. The van der Waals surface area contributed by atoms with Crippen LogP contribution in [0.15, 0.2) is 48.9 Å². The van der Waals surface area contributed by atoms with E-state index in [1.54, 1.807) is 18.6 Å². The minimum Gasteiger partial charge on any atom is -0.351 e. The lowest BCUT2D eigenvalue weighted by Crippen LogP contribution is -2.42. The summed E-state index contributed by atoms with van der Waals surface area (Å²) >= 11 is 0. The number of imidazole rings is 1. The molecule has 1 N–H and O–H groups in total. The van der Waals surface area contributed by atoms with Gasteiger partial charge in [0.05, 0.1) is 5.56 Å². The first-order valence-electron chi connectivity index (χ1n) is 9.63. The van der Waals surface area contributed by atoms with Crippen LogP contribution in [0, 0.1) is 0 Å². The van der Waals surface area contributed by atoms with E-state index in [2.05, 4.69) is 27.1 Å². The third-order valence-corrected chi connectivity index (χ3v) is 5.31. The van der Waals surface area contributed by atoms with E-state index in [0.29, 0.717) is 18.2 Å². The number of aromatic nitrogens is 3. The maximum Gasteiger partial charge on any atom is 0.252 e. The summed E-state index contributed by atoms with van der Waals surface area (Å²) in [7, 11) is 0. The van der Waals surface area contributed by atoms with E-state index in [9.17, 15) is 4.79 Å². The molecule has 1 fully saturated rings. The number of rotatable bonds is 5. The summed E-state index contributed by atoms with van der Waals surface area (Å²) in [4.78, 5) is 23.8. The second-order valence-corrected chi connectivity index (χ2v) is 7.15. The van der Waals surface area contributed by atoms with Crippen molar-refractivity contribution >= 4 is 17.1 Å². The third-order valence-electron chi connectivity index (χ3n) is 5.31. The van der Waals surface area contributed by atoms with Gasteiger partial charge in [-0.2, -0.15) is 0 Å². The Morgan fingerprint density at radius 1 is 1.22 bits per heavy atom. The van der Waals surface area contributed by atoms with Crippen LogP contribution < -0.4 is 5.32 Å². The minimum absolute atomic E-state index is 0.0941. The number of nitrogens with one attached hydrogen (secondary N) is 1. The third kappa shape index (κ3) is 3.85. The molecule has 6 nitrogen and oxygen atoms in total. The summed E-state index contributed by atoms with van der Waals surface area (Å²) < 4.78 is 1.93. The topological polar surface area (TPSA) is 63.1 Å². The summed E-state index contributed by atoms with van der Waals surface area (Å²) in [5, 5.41) is 3.01. The molecule has 140 valence electrons. The van der Waals surface area contributed by atoms with E-state index < -0.39 is 0 Å². The van der Waals surface area contributed by atoms with Crippen LogP contribution in [0.5, 0.6) is 0 Å². The first kappa shape index (κ1) is 17.7. The van der Waals surface area contributed by atoms with Gasteiger partial charge in [-0.05, 0) is 44.5 Å². The number of nitrogens with zero attached hydrogens (tertiary/aromatic N) is 4. The number of hydrogen-bond acceptors (Lipinski definition) is 4. The maximum absolute atomic E-state index is 12.5. The van der Waals surface area contributed by atoms with Crippen molar-refractivity contribution in [2.45, 2.75) is 32.2 Å². The average molecular weight is 363 g/mol. The van der Waals surface area contributed by atoms with Crippen molar-refractivity contribution in [2.75, 3.05) is 19.6 Å². The zero-order valence-corrected chi connectivity index (χ0v) is 15.6. The monoisotopic (exact) mass is 363 g/mol. The molecule has 3 heterocycles. The van der Waals surface area contributed by atoms with E-state index in [1.165, 1.54) is 19.3 Å². The van der Waals surface area contributed by atoms with Crippen molar-refractivity contribution < 1.29 is 4.79 Å². The van der Waals surface area contributed by atoms with Gasteiger partial charge in [-0.25, -0.2) is 9.97 Å². The minimum atomic E-state index is -0.0941. The first-order valence-corrected chi connectivity index (χ1v) is 9.63. The molecule has 0 radical (unpaired) electrons. The van der Waals surface area contributed by atoms with Gasteiger partial charge in [-0.3, -0.25) is 14.3 Å². The van der Waals surface area contributed by atoms with Crippen LogP contribution in [0.25, 0.3) is 16.9 Å². The van der Waals surface area contributed by atoms with E-state index in [0.717, 1.165) is 29.9 Å². The fourth-order valence-corrected chi connectivity index (χ4v) is 3.71. The summed E-state index contributed by atoms with van der Waals surface area (Å²) in [5.41, 5.74) is 3.02. The molecule has 4 rings (SSSR count). The van der Waals surface area contributed by atoms with Gasteiger partial charge in [0, 0.05) is 31.0 Å². The number of carbonyl (C=O) groups excluding carboxylic acids is 1. The highest BCUT2D eigenvalue weighted by Gasteiger charge is 2.18. The SMILES string of the molecule is CC1CCCCN1CCNC(=O)c1cnc2c(c1)ncn2-c1ccccc1. The number of benzene rings is 1. The van der Waals surface area contributed by atoms with Crippen molar-refractivity contribution in [3.05, 3.63) is 54.5 Å². The van der Waals surface area contributed by atoms with Gasteiger partial charge >= 0.3 is 0 Å². The van der Waals surface area contributed by atoms with E-state index in [4.69, 9.17) is 0 Å². The molecule has 1 atom stereocenters. The Morgan fingerprint density at radius 3 is 2.89 bits per heavy atom. The normalized spacial score (nSPS) is 17.9. The average Bonchev–Trinajstić information content (AvgIpc) is 3.13. The number of hydrogen-bond donors (Lipinski definition) is 1. The molecule has 0 saturated carbocycles. The molecule has 2 aromatic heterocycles. The molecule has 27 heavy (non-hydrogen) atoms. The lowest BCUT2D eigenvalue weighted by atomic mass is 10.0. The highest BCUT2D eigenvalue weighted by Crippen LogP contribution is 2.17. The lowest BCUT2D eigenvalue weighted by Gasteiger charge is -2.33. The Hall–Kier alpha value is -2.73. The summed E-state index contributed by atoms with van der Waals surface area (Å²) in [5.74, 6) is -0.0941. The van der Waals surface area contributed by atoms with Gasteiger partial charge in [0.1, 0.15) is 11.8 Å². The van der Waals surface area contributed by atoms with Gasteiger partial charge in [0.15, 0.2) is 5.65 Å². The van der Waals surface area contributed by atoms with Crippen molar-refractivity contribution in [1.82, 2.24) is 24.8 Å². The van der Waals surface area contributed by atoms with Gasteiger partial charge in [-0.1, -0.05) is 24.6 Å². The Bertz CT molecular complexity index is 921. The highest BCUT2D eigenvalue weighted by molar-refractivity contribution is 5.96.